The second kappa shape index (κ2) is 15.5. The second-order valence-corrected chi connectivity index (χ2v) is 17.5. The molecule has 3 fully saturated rings. The van der Waals surface area contributed by atoms with Crippen LogP contribution in [0.15, 0.2) is 23.3 Å². The third-order valence-electron chi connectivity index (χ3n) is 12.3. The van der Waals surface area contributed by atoms with E-state index in [0.29, 0.717) is 25.7 Å². The Morgan fingerprint density at radius 1 is 0.982 bits per heavy atom. The predicted molar refractivity (Wildman–Crippen MR) is 194 cm³/mol. The van der Waals surface area contributed by atoms with Gasteiger partial charge >= 0.3 is 30.0 Å². The van der Waals surface area contributed by atoms with Gasteiger partial charge in [0.25, 0.3) is 0 Å². The minimum absolute atomic E-state index is 0.0291. The number of carbonyl (C=O) groups is 6. The summed E-state index contributed by atoms with van der Waals surface area (Å²) in [7, 11) is 0. The molecular weight excluding hydrogens is 734 g/mol. The highest BCUT2D eigenvalue weighted by molar-refractivity contribution is 5.95. The lowest BCUT2D eigenvalue weighted by atomic mass is 9.44. The van der Waals surface area contributed by atoms with Crippen molar-refractivity contribution >= 4 is 35.8 Å². The Hall–Kier alpha value is -3.86. The maximum Gasteiger partial charge on any atom is 0.408 e. The number of allylic oxidation sites excluding steroid dienone is 1. The minimum Gasteiger partial charge on any atom is -0.459 e. The molecule has 56 heavy (non-hydrogen) atoms. The topological polar surface area (TPSA) is 231 Å². The van der Waals surface area contributed by atoms with Crippen molar-refractivity contribution in [1.29, 1.82) is 0 Å². The lowest BCUT2D eigenvalue weighted by Gasteiger charge is -2.67. The Labute approximate surface area is 326 Å². The molecule has 3 bridgehead atoms. The molecule has 0 aromatic rings. The zero-order valence-corrected chi connectivity index (χ0v) is 33.7. The van der Waals surface area contributed by atoms with Crippen molar-refractivity contribution < 1.29 is 72.5 Å². The number of carbonyl (C=O) groups excluding carboxylic acids is 6. The van der Waals surface area contributed by atoms with Crippen molar-refractivity contribution in [3.63, 3.8) is 0 Å². The lowest BCUT2D eigenvalue weighted by molar-refractivity contribution is -0.347. The van der Waals surface area contributed by atoms with E-state index in [2.05, 4.69) is 5.32 Å². The monoisotopic (exact) mass is 791 g/mol. The van der Waals surface area contributed by atoms with Gasteiger partial charge in [0.05, 0.1) is 30.1 Å². The van der Waals surface area contributed by atoms with Crippen molar-refractivity contribution in [3.8, 4) is 0 Å². The summed E-state index contributed by atoms with van der Waals surface area (Å²) in [5.74, 6) is -5.88. The van der Waals surface area contributed by atoms with Crippen molar-refractivity contribution in [2.45, 2.75) is 167 Å². The predicted octanol–water partition coefficient (Wildman–Crippen LogP) is 2.66. The Morgan fingerprint density at radius 3 is 2.25 bits per heavy atom. The molecule has 2 heterocycles. The van der Waals surface area contributed by atoms with E-state index in [4.69, 9.17) is 28.4 Å². The summed E-state index contributed by atoms with van der Waals surface area (Å²) in [5, 5.41) is 39.3. The van der Waals surface area contributed by atoms with Gasteiger partial charge in [-0.2, -0.15) is 0 Å². The summed E-state index contributed by atoms with van der Waals surface area (Å²) in [4.78, 5) is 81.6. The zero-order valence-electron chi connectivity index (χ0n) is 33.7. The molecule has 16 nitrogen and oxygen atoms in total. The third-order valence-corrected chi connectivity index (χ3v) is 12.3. The highest BCUT2D eigenvalue weighted by atomic mass is 16.6. The average Bonchev–Trinajstić information content (AvgIpc) is 3.06. The van der Waals surface area contributed by atoms with E-state index in [9.17, 15) is 39.3 Å². The van der Waals surface area contributed by atoms with Crippen LogP contribution < -0.4 is 5.32 Å². The van der Waals surface area contributed by atoms with Crippen LogP contribution in [-0.2, 0) is 52.4 Å². The SMILES string of the molecule is CC(=O)O[C@H]1C(=O)[C@@]2(C)[C@H]([C@@H]3OC(=O)CCCCC/C=C\[C@H](NC(=O)OC(C)(C)C)[C@@H](O)C(=O)O[C@H]4C[C@]3(O)C(C)(C)C1=C4C)[C@]1(OC(C)=O)CO[C@@H]1C[C@@H]2O. The summed E-state index contributed by atoms with van der Waals surface area (Å²) in [6, 6.07) is -1.31. The number of alkyl carbamates (subject to hydrolysis) is 1. The van der Waals surface area contributed by atoms with Gasteiger partial charge in [-0.25, -0.2) is 9.59 Å². The van der Waals surface area contributed by atoms with E-state index < -0.39 is 118 Å². The van der Waals surface area contributed by atoms with Crippen LogP contribution in [0.5, 0.6) is 0 Å². The van der Waals surface area contributed by atoms with Crippen LogP contribution in [0.3, 0.4) is 0 Å². The summed E-state index contributed by atoms with van der Waals surface area (Å²) in [6.45, 7) is 13.0. The van der Waals surface area contributed by atoms with E-state index in [-0.39, 0.29) is 30.6 Å². The number of aliphatic hydroxyl groups is 3. The van der Waals surface area contributed by atoms with E-state index in [1.165, 1.54) is 19.9 Å². The first-order valence-electron chi connectivity index (χ1n) is 19.3. The molecule has 0 spiro atoms. The van der Waals surface area contributed by atoms with Crippen LogP contribution in [0.4, 0.5) is 4.79 Å². The highest BCUT2D eigenvalue weighted by Crippen LogP contribution is 2.64. The summed E-state index contributed by atoms with van der Waals surface area (Å²) in [5.41, 5.74) is -8.26. The number of aliphatic hydroxyl groups excluding tert-OH is 2. The van der Waals surface area contributed by atoms with Crippen LogP contribution in [0.2, 0.25) is 0 Å². The van der Waals surface area contributed by atoms with Gasteiger partial charge in [0.1, 0.15) is 29.5 Å². The molecule has 0 aromatic carbocycles. The van der Waals surface area contributed by atoms with Crippen LogP contribution in [0, 0.1) is 16.7 Å². The minimum atomic E-state index is -2.30. The van der Waals surface area contributed by atoms with Gasteiger partial charge in [0, 0.05) is 38.5 Å². The van der Waals surface area contributed by atoms with Gasteiger partial charge in [-0.15, -0.1) is 0 Å². The van der Waals surface area contributed by atoms with Crippen molar-refractivity contribution in [2.24, 2.45) is 16.7 Å². The first-order chi connectivity index (χ1) is 25.9. The van der Waals surface area contributed by atoms with Gasteiger partial charge < -0.3 is 49.1 Å². The number of amides is 1. The second-order valence-electron chi connectivity index (χ2n) is 17.5. The molecule has 4 N–H and O–H groups in total. The van der Waals surface area contributed by atoms with Crippen molar-refractivity contribution in [1.82, 2.24) is 5.32 Å². The number of ether oxygens (including phenoxy) is 6. The summed E-state index contributed by atoms with van der Waals surface area (Å²) >= 11 is 0. The number of rotatable bonds is 3. The molecule has 2 saturated carbocycles. The zero-order chi connectivity index (χ0) is 41.8. The maximum absolute atomic E-state index is 15.3. The molecule has 5 aliphatic rings. The normalized spacial score (nSPS) is 39.5. The molecule has 2 aliphatic heterocycles. The van der Waals surface area contributed by atoms with E-state index in [1.54, 1.807) is 40.7 Å². The largest absolute Gasteiger partial charge is 0.459 e. The number of nitrogens with one attached hydrogen (secondary N) is 1. The number of Topliss-reactive ketones (excluding diaryl/α,β-unsaturated/α-hetero) is 1. The van der Waals surface area contributed by atoms with Crippen LogP contribution >= 0.6 is 0 Å². The van der Waals surface area contributed by atoms with Gasteiger partial charge in [-0.05, 0) is 65.0 Å². The van der Waals surface area contributed by atoms with Crippen LogP contribution in [-0.4, -0.2) is 117 Å². The first-order valence-corrected chi connectivity index (χ1v) is 19.3. The molecule has 0 radical (unpaired) electrons. The standard InChI is InChI=1S/C40H57NO15/c1-20-24-18-40(50)33(54-27(45)16-14-12-10-11-13-15-23(29(46)34(48)53-24)41-35(49)56-36(4,5)6)31-38(9,25(44)17-26-39(31,19-51-26)55-22(3)43)32(47)30(52-21(2)42)28(20)37(40,7)8/h13,15,23-26,29-31,33,44,46,50H,10-12,14,16-19H2,1-9H3,(H,41,49)/b15-13-/t23-,24-,25-,26+,29+,30+,31-,33-,38+,39-,40+/m0/s1. The quantitative estimate of drug-likeness (QED) is 0.183. The summed E-state index contributed by atoms with van der Waals surface area (Å²) < 4.78 is 35.3. The van der Waals surface area contributed by atoms with E-state index >= 15 is 4.79 Å². The Kier molecular flexibility index (Phi) is 12.0. The lowest BCUT2D eigenvalue weighted by Crippen LogP contribution is -2.82. The number of hydrogen-bond acceptors (Lipinski definition) is 15. The van der Waals surface area contributed by atoms with E-state index in [1.807, 2.05) is 0 Å². The van der Waals surface area contributed by atoms with Gasteiger partial charge in [0.2, 0.25) is 0 Å². The maximum atomic E-state index is 15.3. The molecular formula is C40H57NO15. The first kappa shape index (κ1) is 43.3. The molecule has 0 unspecified atom stereocenters. The average molecular weight is 792 g/mol. The smallest absolute Gasteiger partial charge is 0.408 e. The molecule has 1 amide bonds. The Balaban J connectivity index is 1.74. The van der Waals surface area contributed by atoms with Crippen molar-refractivity contribution in [2.75, 3.05) is 6.61 Å². The van der Waals surface area contributed by atoms with Gasteiger partial charge in [0.15, 0.2) is 23.6 Å². The van der Waals surface area contributed by atoms with Crippen LogP contribution in [0.1, 0.15) is 107 Å². The molecule has 16 heteroatoms. The third kappa shape index (κ3) is 7.61. The van der Waals surface area contributed by atoms with Gasteiger partial charge in [-0.3, -0.25) is 19.2 Å². The summed E-state index contributed by atoms with van der Waals surface area (Å²) in [6.07, 6.45) is -6.03. The van der Waals surface area contributed by atoms with Crippen molar-refractivity contribution in [3.05, 3.63) is 23.3 Å². The molecule has 1 saturated heterocycles. The van der Waals surface area contributed by atoms with E-state index in [0.717, 1.165) is 13.8 Å². The highest BCUT2D eigenvalue weighted by Gasteiger charge is 2.78. The number of ketones is 1. The molecule has 0 aromatic heterocycles. The van der Waals surface area contributed by atoms with Gasteiger partial charge in [-0.1, -0.05) is 32.4 Å². The fourth-order valence-corrected chi connectivity index (χ4v) is 9.44. The molecule has 312 valence electrons. The molecule has 3 aliphatic carbocycles. The van der Waals surface area contributed by atoms with Crippen LogP contribution in [0.25, 0.3) is 0 Å². The fourth-order valence-electron chi connectivity index (χ4n) is 9.44. The fraction of sp³-hybridized carbons (Fsp3) is 0.750. The Morgan fingerprint density at radius 2 is 1.66 bits per heavy atom. The number of esters is 4. The molecule has 11 atom stereocenters. The Bertz CT molecular complexity index is 1680. The molecule has 5 rings (SSSR count). The number of hydrogen-bond donors (Lipinski definition) is 4. The number of fused-ring (bicyclic) bond motifs is 6.